The molecule has 8 nitrogen and oxygen atoms in total. The van der Waals surface area contributed by atoms with Gasteiger partial charge in [-0.3, -0.25) is 14.2 Å². The summed E-state index contributed by atoms with van der Waals surface area (Å²) >= 11 is 1.06. The molecule has 0 spiro atoms. The molecule has 0 amide bonds. The number of rotatable bonds is 6. The number of nitrogens with zero attached hydrogens (tertiary/aromatic N) is 2. The molecular formula is C24H17FN2O6S. The molecule has 3 aromatic heterocycles. The van der Waals surface area contributed by atoms with Gasteiger partial charge in [0.15, 0.2) is 0 Å². The number of fused-ring (bicyclic) bond motifs is 4. The zero-order chi connectivity index (χ0) is 23.8. The molecule has 0 saturated carbocycles. The van der Waals surface area contributed by atoms with Crippen molar-refractivity contribution < 1.29 is 27.9 Å². The molecule has 0 aliphatic heterocycles. The fourth-order valence-corrected chi connectivity index (χ4v) is 4.85. The van der Waals surface area contributed by atoms with Crippen LogP contribution < -0.4 is 5.56 Å². The van der Waals surface area contributed by atoms with Crippen LogP contribution in [0.5, 0.6) is 0 Å². The Morgan fingerprint density at radius 2 is 1.97 bits per heavy atom. The Balaban J connectivity index is 1.41. The third-order valence-corrected chi connectivity index (χ3v) is 6.43. The van der Waals surface area contributed by atoms with Crippen molar-refractivity contribution >= 4 is 55.4 Å². The number of carbonyl (C=O) groups excluding carboxylic acids is 2. The number of aromatic nitrogens is 2. The second-order valence-corrected chi connectivity index (χ2v) is 8.41. The lowest BCUT2D eigenvalue weighted by Gasteiger charge is -2.08. The van der Waals surface area contributed by atoms with Gasteiger partial charge >= 0.3 is 11.9 Å². The number of furan rings is 1. The van der Waals surface area contributed by atoms with Crippen molar-refractivity contribution in [2.75, 3.05) is 6.61 Å². The monoisotopic (exact) mass is 480 g/mol. The van der Waals surface area contributed by atoms with E-state index in [1.165, 1.54) is 18.5 Å². The molecule has 172 valence electrons. The van der Waals surface area contributed by atoms with Gasteiger partial charge in [-0.05, 0) is 31.2 Å². The molecule has 0 fully saturated rings. The van der Waals surface area contributed by atoms with Crippen molar-refractivity contribution in [3.8, 4) is 0 Å². The normalized spacial score (nSPS) is 11.4. The van der Waals surface area contributed by atoms with Crippen LogP contribution in [0, 0.1) is 5.82 Å². The van der Waals surface area contributed by atoms with Crippen LogP contribution in [0.15, 0.2) is 58.0 Å². The number of halogens is 1. The van der Waals surface area contributed by atoms with E-state index in [0.29, 0.717) is 21.2 Å². The van der Waals surface area contributed by atoms with Crippen molar-refractivity contribution in [1.82, 2.24) is 9.55 Å². The first-order valence-corrected chi connectivity index (χ1v) is 11.2. The largest absolute Gasteiger partial charge is 0.462 e. The first kappa shape index (κ1) is 21.8. The van der Waals surface area contributed by atoms with E-state index in [2.05, 4.69) is 4.98 Å². The molecule has 0 aliphatic rings. The highest BCUT2D eigenvalue weighted by molar-refractivity contribution is 7.21. The summed E-state index contributed by atoms with van der Waals surface area (Å²) in [6.07, 6.45) is 1.25. The van der Waals surface area contributed by atoms with Crippen molar-refractivity contribution in [3.05, 3.63) is 75.4 Å². The Hall–Kier alpha value is -4.05. The lowest BCUT2D eigenvalue weighted by molar-refractivity contribution is -0.145. The highest BCUT2D eigenvalue weighted by Gasteiger charge is 2.23. The molecule has 3 heterocycles. The first-order valence-electron chi connectivity index (χ1n) is 10.4. The summed E-state index contributed by atoms with van der Waals surface area (Å²) in [5.41, 5.74) is 0.650. The van der Waals surface area contributed by atoms with E-state index in [1.807, 2.05) is 6.07 Å². The van der Waals surface area contributed by atoms with Gasteiger partial charge in [0.1, 0.15) is 34.9 Å². The quantitative estimate of drug-likeness (QED) is 0.332. The lowest BCUT2D eigenvalue weighted by atomic mass is 10.1. The van der Waals surface area contributed by atoms with E-state index in [1.54, 1.807) is 31.2 Å². The van der Waals surface area contributed by atoms with Gasteiger partial charge in [-0.15, -0.1) is 11.3 Å². The molecule has 34 heavy (non-hydrogen) atoms. The van der Waals surface area contributed by atoms with Crippen LogP contribution >= 0.6 is 11.3 Å². The Morgan fingerprint density at radius 3 is 2.79 bits per heavy atom. The van der Waals surface area contributed by atoms with Crippen molar-refractivity contribution in [1.29, 1.82) is 0 Å². The smallest absolute Gasteiger partial charge is 0.348 e. The van der Waals surface area contributed by atoms with Crippen LogP contribution in [0.1, 0.15) is 22.2 Å². The minimum Gasteiger partial charge on any atom is -0.462 e. The fourth-order valence-electron chi connectivity index (χ4n) is 3.73. The topological polar surface area (TPSA) is 101 Å². The summed E-state index contributed by atoms with van der Waals surface area (Å²) in [5, 5.41) is 0.896. The van der Waals surface area contributed by atoms with Gasteiger partial charge in [0.05, 0.1) is 12.9 Å². The van der Waals surface area contributed by atoms with E-state index >= 15 is 0 Å². The SMILES string of the molecule is CCOC(=O)c1sc2cccc(F)c2c1COC(=O)Cn1cnc2c(oc3ccccc32)c1=O. The molecule has 5 rings (SSSR count). The number of esters is 2. The maximum absolute atomic E-state index is 14.5. The maximum atomic E-state index is 14.5. The summed E-state index contributed by atoms with van der Waals surface area (Å²) in [7, 11) is 0. The summed E-state index contributed by atoms with van der Waals surface area (Å²) in [6.45, 7) is 1.02. The molecule has 10 heteroatoms. The fraction of sp³-hybridized carbons (Fsp3) is 0.167. The molecule has 0 bridgehead atoms. The average molecular weight is 480 g/mol. The highest BCUT2D eigenvalue weighted by atomic mass is 32.1. The van der Waals surface area contributed by atoms with Gasteiger partial charge in [-0.1, -0.05) is 18.2 Å². The molecule has 0 atom stereocenters. The van der Waals surface area contributed by atoms with E-state index in [0.717, 1.165) is 15.9 Å². The van der Waals surface area contributed by atoms with Crippen LogP contribution in [0.3, 0.4) is 0 Å². The Labute approximate surface area is 195 Å². The minimum absolute atomic E-state index is 0.0343. The number of benzene rings is 2. The predicted molar refractivity (Wildman–Crippen MR) is 123 cm³/mol. The van der Waals surface area contributed by atoms with E-state index in [-0.39, 0.29) is 34.6 Å². The summed E-state index contributed by atoms with van der Waals surface area (Å²) < 4.78 is 32.1. The zero-order valence-corrected chi connectivity index (χ0v) is 18.7. The van der Waals surface area contributed by atoms with Crippen LogP contribution in [0.4, 0.5) is 4.39 Å². The maximum Gasteiger partial charge on any atom is 0.348 e. The second-order valence-electron chi connectivity index (χ2n) is 7.36. The number of thiophene rings is 1. The second kappa shape index (κ2) is 8.71. The van der Waals surface area contributed by atoms with Gasteiger partial charge in [0, 0.05) is 21.0 Å². The van der Waals surface area contributed by atoms with Crippen LogP contribution in [-0.2, 0) is 27.4 Å². The van der Waals surface area contributed by atoms with Gasteiger partial charge in [-0.25, -0.2) is 14.2 Å². The molecule has 0 aliphatic carbocycles. The summed E-state index contributed by atoms with van der Waals surface area (Å²) in [4.78, 5) is 42.2. The summed E-state index contributed by atoms with van der Waals surface area (Å²) in [6, 6.07) is 11.6. The summed E-state index contributed by atoms with van der Waals surface area (Å²) in [5.74, 6) is -1.92. The van der Waals surface area contributed by atoms with Gasteiger partial charge in [-0.2, -0.15) is 0 Å². The average Bonchev–Trinajstić information content (AvgIpc) is 3.39. The van der Waals surface area contributed by atoms with E-state index < -0.39 is 29.9 Å². The Bertz CT molecular complexity index is 1630. The molecule has 0 saturated heterocycles. The standard InChI is InChI=1S/C24H17FN2O6S/c1-2-31-24(30)22-14(19-15(25)7-5-9-17(19)34-22)11-32-18(28)10-27-12-26-20-13-6-3-4-8-16(13)33-21(20)23(27)29/h3-9,12H,2,10-11H2,1H3. The van der Waals surface area contributed by atoms with Crippen molar-refractivity contribution in [2.45, 2.75) is 20.1 Å². The molecule has 0 radical (unpaired) electrons. The molecule has 0 unspecified atom stereocenters. The zero-order valence-electron chi connectivity index (χ0n) is 17.9. The molecule has 2 aromatic carbocycles. The number of ether oxygens (including phenoxy) is 2. The van der Waals surface area contributed by atoms with Gasteiger partial charge < -0.3 is 13.9 Å². The van der Waals surface area contributed by atoms with Crippen LogP contribution in [0.25, 0.3) is 32.2 Å². The predicted octanol–water partition coefficient (Wildman–Crippen LogP) is 4.42. The Morgan fingerprint density at radius 1 is 1.15 bits per heavy atom. The molecular weight excluding hydrogens is 463 g/mol. The lowest BCUT2D eigenvalue weighted by Crippen LogP contribution is -2.25. The number of hydrogen-bond donors (Lipinski definition) is 0. The highest BCUT2D eigenvalue weighted by Crippen LogP contribution is 2.34. The van der Waals surface area contributed by atoms with Gasteiger partial charge in [0.25, 0.3) is 5.56 Å². The van der Waals surface area contributed by atoms with E-state index in [9.17, 15) is 18.8 Å². The van der Waals surface area contributed by atoms with Crippen molar-refractivity contribution in [2.24, 2.45) is 0 Å². The number of para-hydroxylation sites is 1. The van der Waals surface area contributed by atoms with E-state index in [4.69, 9.17) is 13.9 Å². The third kappa shape index (κ3) is 3.71. The molecule has 5 aromatic rings. The van der Waals surface area contributed by atoms with Crippen LogP contribution in [-0.4, -0.2) is 28.1 Å². The first-order chi connectivity index (χ1) is 16.5. The number of hydrogen-bond acceptors (Lipinski definition) is 8. The van der Waals surface area contributed by atoms with Crippen LogP contribution in [0.2, 0.25) is 0 Å². The Kier molecular flexibility index (Phi) is 5.58. The third-order valence-electron chi connectivity index (χ3n) is 5.25. The van der Waals surface area contributed by atoms with Crippen molar-refractivity contribution in [3.63, 3.8) is 0 Å². The van der Waals surface area contributed by atoms with Gasteiger partial charge in [0.2, 0.25) is 5.58 Å². The number of carbonyl (C=O) groups is 2. The molecule has 0 N–H and O–H groups in total. The minimum atomic E-state index is -0.759.